The van der Waals surface area contributed by atoms with Gasteiger partial charge in [-0.2, -0.15) is 4.31 Å². The monoisotopic (exact) mass is 390 g/mol. The summed E-state index contributed by atoms with van der Waals surface area (Å²) in [7, 11) is -2.73. The second kappa shape index (κ2) is 7.42. The maximum atomic E-state index is 13.6. The van der Waals surface area contributed by atoms with Crippen LogP contribution < -0.4 is 5.32 Å². The van der Waals surface area contributed by atoms with Gasteiger partial charge >= 0.3 is 0 Å². The number of carbonyl (C=O) groups is 1. The Balaban J connectivity index is 1.79. The van der Waals surface area contributed by atoms with E-state index < -0.39 is 39.8 Å². The van der Waals surface area contributed by atoms with Crippen molar-refractivity contribution in [2.75, 3.05) is 18.9 Å². The van der Waals surface area contributed by atoms with Crippen LogP contribution in [0.1, 0.15) is 0 Å². The lowest BCUT2D eigenvalue weighted by atomic mass is 10.1. The van der Waals surface area contributed by atoms with Crippen LogP contribution in [-0.4, -0.2) is 32.2 Å². The number of hydrogen-bond donors (Lipinski definition) is 1. The number of fused-ring (bicyclic) bond motifs is 1. The summed E-state index contributed by atoms with van der Waals surface area (Å²) in [6.45, 7) is -0.594. The van der Waals surface area contributed by atoms with Crippen LogP contribution in [0.25, 0.3) is 10.8 Å². The number of nitrogens with one attached hydrogen (secondary N) is 1. The number of halogens is 2. The molecule has 8 heteroatoms. The first-order valence-electron chi connectivity index (χ1n) is 7.98. The van der Waals surface area contributed by atoms with E-state index in [1.165, 1.54) is 19.2 Å². The Morgan fingerprint density at radius 2 is 1.59 bits per heavy atom. The molecule has 0 radical (unpaired) electrons. The van der Waals surface area contributed by atoms with E-state index in [-0.39, 0.29) is 4.90 Å². The van der Waals surface area contributed by atoms with Gasteiger partial charge in [-0.3, -0.25) is 4.79 Å². The normalized spacial score (nSPS) is 11.7. The molecule has 27 heavy (non-hydrogen) atoms. The SMILES string of the molecule is CN(CC(=O)Nc1c(F)cccc1F)S(=O)(=O)c1ccc2ccccc2c1. The number of rotatable bonds is 5. The van der Waals surface area contributed by atoms with Crippen LogP contribution in [0.15, 0.2) is 65.6 Å². The predicted molar refractivity (Wildman–Crippen MR) is 98.8 cm³/mol. The molecule has 0 saturated carbocycles. The van der Waals surface area contributed by atoms with E-state index in [0.717, 1.165) is 33.3 Å². The van der Waals surface area contributed by atoms with Crippen LogP contribution in [0.4, 0.5) is 14.5 Å². The molecule has 0 spiro atoms. The van der Waals surface area contributed by atoms with E-state index in [2.05, 4.69) is 5.32 Å². The summed E-state index contributed by atoms with van der Waals surface area (Å²) in [5, 5.41) is 3.69. The fourth-order valence-corrected chi connectivity index (χ4v) is 3.75. The largest absolute Gasteiger partial charge is 0.320 e. The minimum atomic E-state index is -3.95. The van der Waals surface area contributed by atoms with Crippen LogP contribution in [0, 0.1) is 11.6 Å². The molecule has 0 unspecified atom stereocenters. The molecule has 3 aromatic carbocycles. The van der Waals surface area contributed by atoms with E-state index in [9.17, 15) is 22.0 Å². The lowest BCUT2D eigenvalue weighted by Crippen LogP contribution is -2.35. The third-order valence-electron chi connectivity index (χ3n) is 4.02. The van der Waals surface area contributed by atoms with Crippen LogP contribution in [0.5, 0.6) is 0 Å². The highest BCUT2D eigenvalue weighted by atomic mass is 32.2. The van der Waals surface area contributed by atoms with Gasteiger partial charge in [0.15, 0.2) is 0 Å². The Morgan fingerprint density at radius 1 is 0.963 bits per heavy atom. The maximum absolute atomic E-state index is 13.6. The number of carbonyl (C=O) groups excluding carboxylic acids is 1. The standard InChI is InChI=1S/C19H16F2N2O3S/c1-23(12-18(24)22-19-16(20)7-4-8-17(19)21)27(25,26)15-10-9-13-5-2-3-6-14(13)11-15/h2-11H,12H2,1H3,(H,22,24). The highest BCUT2D eigenvalue weighted by Gasteiger charge is 2.24. The lowest BCUT2D eigenvalue weighted by Gasteiger charge is -2.17. The Hall–Kier alpha value is -2.84. The molecule has 5 nitrogen and oxygen atoms in total. The maximum Gasteiger partial charge on any atom is 0.243 e. The van der Waals surface area contributed by atoms with Crippen molar-refractivity contribution in [2.24, 2.45) is 0 Å². The highest BCUT2D eigenvalue weighted by Crippen LogP contribution is 2.22. The van der Waals surface area contributed by atoms with Crippen LogP contribution in [-0.2, 0) is 14.8 Å². The lowest BCUT2D eigenvalue weighted by molar-refractivity contribution is -0.116. The zero-order valence-corrected chi connectivity index (χ0v) is 15.1. The van der Waals surface area contributed by atoms with Gasteiger partial charge in [0.05, 0.1) is 11.4 Å². The van der Waals surface area contributed by atoms with Crippen molar-refractivity contribution in [3.05, 3.63) is 72.3 Å². The van der Waals surface area contributed by atoms with Crippen molar-refractivity contribution in [3.63, 3.8) is 0 Å². The van der Waals surface area contributed by atoms with Crippen molar-refractivity contribution in [3.8, 4) is 0 Å². The van der Waals surface area contributed by atoms with Gasteiger partial charge in [0.1, 0.15) is 17.3 Å². The Kier molecular flexibility index (Phi) is 5.20. The molecule has 3 rings (SSSR count). The van der Waals surface area contributed by atoms with Gasteiger partial charge in [0.25, 0.3) is 0 Å². The minimum Gasteiger partial charge on any atom is -0.320 e. The number of para-hydroxylation sites is 1. The van der Waals surface area contributed by atoms with Gasteiger partial charge in [0, 0.05) is 7.05 Å². The van der Waals surface area contributed by atoms with Crippen molar-refractivity contribution in [2.45, 2.75) is 4.90 Å². The van der Waals surface area contributed by atoms with E-state index in [4.69, 9.17) is 0 Å². The molecule has 0 fully saturated rings. The summed E-state index contributed by atoms with van der Waals surface area (Å²) in [6.07, 6.45) is 0. The number of likely N-dealkylation sites (N-methyl/N-ethyl adjacent to an activating group) is 1. The third-order valence-corrected chi connectivity index (χ3v) is 5.82. The average Bonchev–Trinajstić information content (AvgIpc) is 2.64. The molecule has 140 valence electrons. The molecular weight excluding hydrogens is 374 g/mol. The first-order chi connectivity index (χ1) is 12.8. The van der Waals surface area contributed by atoms with Gasteiger partial charge in [-0.25, -0.2) is 17.2 Å². The van der Waals surface area contributed by atoms with E-state index in [1.807, 2.05) is 12.1 Å². The topological polar surface area (TPSA) is 66.5 Å². The fraction of sp³-hybridized carbons (Fsp3) is 0.105. The zero-order chi connectivity index (χ0) is 19.6. The summed E-state index contributed by atoms with van der Waals surface area (Å²) < 4.78 is 53.4. The molecule has 3 aromatic rings. The molecule has 0 aliphatic rings. The van der Waals surface area contributed by atoms with Gasteiger partial charge in [0.2, 0.25) is 15.9 Å². The predicted octanol–water partition coefficient (Wildman–Crippen LogP) is 3.38. The summed E-state index contributed by atoms with van der Waals surface area (Å²) in [6, 6.07) is 15.0. The molecule has 0 aliphatic heterocycles. The smallest absolute Gasteiger partial charge is 0.243 e. The van der Waals surface area contributed by atoms with Crippen LogP contribution in [0.2, 0.25) is 0 Å². The number of sulfonamides is 1. The second-order valence-corrected chi connectivity index (χ2v) is 7.96. The molecule has 0 bridgehead atoms. The molecule has 0 atom stereocenters. The van der Waals surface area contributed by atoms with Gasteiger partial charge < -0.3 is 5.32 Å². The number of nitrogens with zero attached hydrogens (tertiary/aromatic N) is 1. The third kappa shape index (κ3) is 3.96. The molecular formula is C19H16F2N2O3S. The first-order valence-corrected chi connectivity index (χ1v) is 9.42. The van der Waals surface area contributed by atoms with E-state index >= 15 is 0 Å². The second-order valence-electron chi connectivity index (χ2n) is 5.91. The summed E-state index contributed by atoms with van der Waals surface area (Å²) in [5.74, 6) is -2.74. The van der Waals surface area contributed by atoms with Crippen molar-refractivity contribution < 1.29 is 22.0 Å². The number of anilines is 1. The molecule has 1 N–H and O–H groups in total. The average molecular weight is 390 g/mol. The number of benzene rings is 3. The quantitative estimate of drug-likeness (QED) is 0.726. The van der Waals surface area contributed by atoms with Crippen molar-refractivity contribution in [1.29, 1.82) is 0 Å². The zero-order valence-electron chi connectivity index (χ0n) is 14.3. The summed E-state index contributed by atoms with van der Waals surface area (Å²) >= 11 is 0. The highest BCUT2D eigenvalue weighted by molar-refractivity contribution is 7.89. The number of hydrogen-bond acceptors (Lipinski definition) is 3. The van der Waals surface area contributed by atoms with E-state index in [1.54, 1.807) is 18.2 Å². The molecule has 0 heterocycles. The molecule has 0 aliphatic carbocycles. The summed E-state index contributed by atoms with van der Waals surface area (Å²) in [5.41, 5.74) is -0.612. The Morgan fingerprint density at radius 3 is 2.26 bits per heavy atom. The first kappa shape index (κ1) is 18.9. The van der Waals surface area contributed by atoms with Gasteiger partial charge in [-0.1, -0.05) is 36.4 Å². The van der Waals surface area contributed by atoms with Crippen molar-refractivity contribution >= 4 is 32.4 Å². The molecule has 0 aromatic heterocycles. The molecule has 0 saturated heterocycles. The minimum absolute atomic E-state index is 0.0218. The van der Waals surface area contributed by atoms with Crippen molar-refractivity contribution in [1.82, 2.24) is 4.31 Å². The van der Waals surface area contributed by atoms with Crippen LogP contribution in [0.3, 0.4) is 0 Å². The fourth-order valence-electron chi connectivity index (χ4n) is 2.59. The van der Waals surface area contributed by atoms with Gasteiger partial charge in [-0.05, 0) is 35.0 Å². The van der Waals surface area contributed by atoms with E-state index in [0.29, 0.717) is 0 Å². The number of amides is 1. The Labute approximate surface area is 155 Å². The Bertz CT molecular complexity index is 1100. The van der Waals surface area contributed by atoms with Gasteiger partial charge in [-0.15, -0.1) is 0 Å². The molecule has 1 amide bonds. The summed E-state index contributed by atoms with van der Waals surface area (Å²) in [4.78, 5) is 12.1. The van der Waals surface area contributed by atoms with Crippen LogP contribution >= 0.6 is 0 Å².